The number of hydrogen-bond acceptors (Lipinski definition) is 4. The molecule has 1 aliphatic rings. The first-order valence-corrected chi connectivity index (χ1v) is 10.9. The highest BCUT2D eigenvalue weighted by Crippen LogP contribution is 2.26. The monoisotopic (exact) mass is 402 g/mol. The van der Waals surface area contributed by atoms with Crippen LogP contribution in [0.1, 0.15) is 44.0 Å². The van der Waals surface area contributed by atoms with Crippen LogP contribution >= 0.6 is 0 Å². The Labute approximate surface area is 166 Å². The Kier molecular flexibility index (Phi) is 6.05. The Morgan fingerprint density at radius 3 is 2.50 bits per heavy atom. The van der Waals surface area contributed by atoms with Gasteiger partial charge in [0.1, 0.15) is 5.75 Å². The molecule has 3 rings (SSSR count). The smallest absolute Gasteiger partial charge is 0.255 e. The molecule has 1 aliphatic heterocycles. The maximum absolute atomic E-state index is 12.9. The minimum atomic E-state index is -3.60. The summed E-state index contributed by atoms with van der Waals surface area (Å²) in [5, 5.41) is 2.79. The van der Waals surface area contributed by atoms with Crippen LogP contribution in [0.25, 0.3) is 0 Å². The van der Waals surface area contributed by atoms with E-state index < -0.39 is 10.0 Å². The lowest BCUT2D eigenvalue weighted by Crippen LogP contribution is -2.33. The maximum Gasteiger partial charge on any atom is 0.255 e. The van der Waals surface area contributed by atoms with Gasteiger partial charge < -0.3 is 10.1 Å². The van der Waals surface area contributed by atoms with Crippen LogP contribution in [0.5, 0.6) is 5.75 Å². The molecule has 2 aromatic rings. The van der Waals surface area contributed by atoms with Crippen molar-refractivity contribution in [3.63, 3.8) is 0 Å². The predicted octanol–water partition coefficient (Wildman–Crippen LogP) is 3.90. The second-order valence-electron chi connectivity index (χ2n) is 7.28. The van der Waals surface area contributed by atoms with Gasteiger partial charge in [-0.25, -0.2) is 8.42 Å². The van der Waals surface area contributed by atoms with Crippen LogP contribution in [-0.4, -0.2) is 37.3 Å². The highest BCUT2D eigenvalue weighted by molar-refractivity contribution is 7.89. The van der Waals surface area contributed by atoms with E-state index in [2.05, 4.69) is 5.32 Å². The Balaban J connectivity index is 1.75. The molecule has 1 amide bonds. The number of carbonyl (C=O) groups excluding carboxylic acids is 1. The number of amides is 1. The van der Waals surface area contributed by atoms with E-state index in [1.165, 1.54) is 16.4 Å². The molecule has 2 aromatic carbocycles. The first-order valence-electron chi connectivity index (χ1n) is 9.47. The zero-order valence-electron chi connectivity index (χ0n) is 16.4. The molecule has 0 bridgehead atoms. The van der Waals surface area contributed by atoms with Crippen LogP contribution in [0.3, 0.4) is 0 Å². The summed E-state index contributed by atoms with van der Waals surface area (Å²) in [5.74, 6) is 0.366. The second kappa shape index (κ2) is 8.32. The van der Waals surface area contributed by atoms with Gasteiger partial charge in [-0.2, -0.15) is 4.31 Å². The average Bonchev–Trinajstić information content (AvgIpc) is 3.10. The molecular weight excluding hydrogens is 376 g/mol. The molecule has 0 aromatic heterocycles. The number of rotatable bonds is 6. The van der Waals surface area contributed by atoms with Crippen LogP contribution in [0.4, 0.5) is 5.69 Å². The third kappa shape index (κ3) is 4.54. The molecule has 0 radical (unpaired) electrons. The summed E-state index contributed by atoms with van der Waals surface area (Å²) < 4.78 is 32.9. The molecule has 1 saturated heterocycles. The fourth-order valence-electron chi connectivity index (χ4n) is 3.29. The van der Waals surface area contributed by atoms with E-state index in [4.69, 9.17) is 4.74 Å². The molecule has 150 valence electrons. The van der Waals surface area contributed by atoms with Gasteiger partial charge in [0.2, 0.25) is 10.0 Å². The zero-order valence-corrected chi connectivity index (χ0v) is 17.2. The van der Waals surface area contributed by atoms with Crippen LogP contribution in [0.2, 0.25) is 0 Å². The van der Waals surface area contributed by atoms with Crippen molar-refractivity contribution in [2.45, 2.75) is 50.7 Å². The number of nitrogens with one attached hydrogen (secondary N) is 1. The van der Waals surface area contributed by atoms with Gasteiger partial charge in [-0.15, -0.1) is 0 Å². The van der Waals surface area contributed by atoms with Crippen molar-refractivity contribution in [3.8, 4) is 5.75 Å². The number of nitrogens with zero attached hydrogens (tertiary/aromatic N) is 1. The van der Waals surface area contributed by atoms with Crippen LogP contribution in [-0.2, 0) is 10.0 Å². The highest BCUT2D eigenvalue weighted by Gasteiger charge is 2.32. The number of carbonyl (C=O) groups is 1. The minimum absolute atomic E-state index is 0.0194. The second-order valence-corrected chi connectivity index (χ2v) is 9.17. The fourth-order valence-corrected chi connectivity index (χ4v) is 5.04. The lowest BCUT2D eigenvalue weighted by Gasteiger charge is -2.21. The fraction of sp³-hybridized carbons (Fsp3) is 0.381. The first kappa shape index (κ1) is 20.4. The maximum atomic E-state index is 12.9. The van der Waals surface area contributed by atoms with Crippen molar-refractivity contribution in [1.82, 2.24) is 4.31 Å². The SMILES string of the molecule is CC(C)Oc1ccc(NC(=O)c2cccc(S(=O)(=O)N3CCC[C@H]3C)c2)cc1. The van der Waals surface area contributed by atoms with Gasteiger partial charge in [0.25, 0.3) is 5.91 Å². The largest absolute Gasteiger partial charge is 0.491 e. The topological polar surface area (TPSA) is 75.7 Å². The quantitative estimate of drug-likeness (QED) is 0.795. The molecule has 0 aliphatic carbocycles. The number of benzene rings is 2. The van der Waals surface area contributed by atoms with E-state index in [9.17, 15) is 13.2 Å². The summed E-state index contributed by atoms with van der Waals surface area (Å²) in [6, 6.07) is 13.2. The molecule has 0 unspecified atom stereocenters. The molecule has 6 nitrogen and oxygen atoms in total. The van der Waals surface area contributed by atoms with Crippen molar-refractivity contribution in [1.29, 1.82) is 0 Å². The molecule has 28 heavy (non-hydrogen) atoms. The van der Waals surface area contributed by atoms with Gasteiger partial charge in [0.05, 0.1) is 11.0 Å². The van der Waals surface area contributed by atoms with Crippen molar-refractivity contribution in [2.75, 3.05) is 11.9 Å². The minimum Gasteiger partial charge on any atom is -0.491 e. The number of hydrogen-bond donors (Lipinski definition) is 1. The van der Waals surface area contributed by atoms with Crippen LogP contribution in [0, 0.1) is 0 Å². The van der Waals surface area contributed by atoms with E-state index in [1.54, 1.807) is 36.4 Å². The van der Waals surface area contributed by atoms with Crippen molar-refractivity contribution in [3.05, 3.63) is 54.1 Å². The van der Waals surface area contributed by atoms with Crippen LogP contribution in [0.15, 0.2) is 53.4 Å². The molecule has 0 spiro atoms. The predicted molar refractivity (Wildman–Crippen MR) is 109 cm³/mol. The Hall–Kier alpha value is -2.38. The van der Waals surface area contributed by atoms with Crippen molar-refractivity contribution < 1.29 is 17.9 Å². The number of anilines is 1. The molecular formula is C21H26N2O4S. The van der Waals surface area contributed by atoms with Crippen LogP contribution < -0.4 is 10.1 Å². The summed E-state index contributed by atoms with van der Waals surface area (Å²) in [5.41, 5.74) is 0.915. The van der Waals surface area contributed by atoms with E-state index >= 15 is 0 Å². The van der Waals surface area contributed by atoms with Gasteiger partial charge in [-0.05, 0) is 76.1 Å². The lowest BCUT2D eigenvalue weighted by atomic mass is 10.2. The normalized spacial score (nSPS) is 17.6. The van der Waals surface area contributed by atoms with E-state index in [0.29, 0.717) is 17.8 Å². The molecule has 1 atom stereocenters. The van der Waals surface area contributed by atoms with E-state index in [0.717, 1.165) is 18.6 Å². The van der Waals surface area contributed by atoms with Gasteiger partial charge in [-0.1, -0.05) is 6.07 Å². The Morgan fingerprint density at radius 2 is 1.89 bits per heavy atom. The molecule has 1 N–H and O–H groups in total. The van der Waals surface area contributed by atoms with Gasteiger partial charge in [0.15, 0.2) is 0 Å². The van der Waals surface area contributed by atoms with Gasteiger partial charge in [0, 0.05) is 23.8 Å². The summed E-state index contributed by atoms with van der Waals surface area (Å²) >= 11 is 0. The molecule has 0 saturated carbocycles. The highest BCUT2D eigenvalue weighted by atomic mass is 32.2. The molecule has 1 fully saturated rings. The lowest BCUT2D eigenvalue weighted by molar-refractivity contribution is 0.102. The summed E-state index contributed by atoms with van der Waals surface area (Å²) in [6.07, 6.45) is 1.79. The zero-order chi connectivity index (χ0) is 20.3. The van der Waals surface area contributed by atoms with Crippen molar-refractivity contribution >= 4 is 21.6 Å². The number of sulfonamides is 1. The van der Waals surface area contributed by atoms with Gasteiger partial charge >= 0.3 is 0 Å². The number of ether oxygens (including phenoxy) is 1. The van der Waals surface area contributed by atoms with Crippen molar-refractivity contribution in [2.24, 2.45) is 0 Å². The summed E-state index contributed by atoms with van der Waals surface area (Å²) in [6.45, 7) is 6.32. The van der Waals surface area contributed by atoms with E-state index in [1.807, 2.05) is 20.8 Å². The summed E-state index contributed by atoms with van der Waals surface area (Å²) in [7, 11) is -3.60. The average molecular weight is 403 g/mol. The molecule has 7 heteroatoms. The summed E-state index contributed by atoms with van der Waals surface area (Å²) in [4.78, 5) is 12.7. The molecule has 1 heterocycles. The van der Waals surface area contributed by atoms with E-state index in [-0.39, 0.29) is 22.9 Å². The Bertz CT molecular complexity index is 939. The van der Waals surface area contributed by atoms with Gasteiger partial charge in [-0.3, -0.25) is 4.79 Å². The first-order chi connectivity index (χ1) is 13.3. The third-order valence-corrected chi connectivity index (χ3v) is 6.69. The third-order valence-electron chi connectivity index (χ3n) is 4.68. The standard InChI is InChI=1S/C21H26N2O4S/c1-15(2)27-19-11-9-18(10-12-19)22-21(24)17-7-4-8-20(14-17)28(25,26)23-13-5-6-16(23)3/h4,7-12,14-16H,5-6,13H2,1-3H3,(H,22,24)/t16-/m1/s1. The Morgan fingerprint density at radius 1 is 1.18 bits per heavy atom.